The Kier molecular flexibility index (Phi) is 3.56. The summed E-state index contributed by atoms with van der Waals surface area (Å²) in [5.74, 6) is -0.622. The second-order valence-corrected chi connectivity index (χ2v) is 4.22. The number of anilines is 1. The highest BCUT2D eigenvalue weighted by molar-refractivity contribution is 5.93. The molecule has 1 aromatic carbocycles. The van der Waals surface area contributed by atoms with Crippen molar-refractivity contribution in [3.05, 3.63) is 29.8 Å². The van der Waals surface area contributed by atoms with Crippen molar-refractivity contribution in [2.45, 2.75) is 12.6 Å². The number of halogens is 3. The van der Waals surface area contributed by atoms with Gasteiger partial charge in [0.1, 0.15) is 0 Å². The summed E-state index contributed by atoms with van der Waals surface area (Å²) in [6.07, 6.45) is -3.81. The summed E-state index contributed by atoms with van der Waals surface area (Å²) in [7, 11) is 0. The Bertz CT molecular complexity index is 439. The number of carbonyl (C=O) groups excluding carboxylic acids is 1. The molecule has 1 aliphatic heterocycles. The van der Waals surface area contributed by atoms with Crippen LogP contribution in [0.25, 0.3) is 0 Å². The maximum atomic E-state index is 12.7. The van der Waals surface area contributed by atoms with Gasteiger partial charge in [0.15, 0.2) is 0 Å². The molecule has 1 unspecified atom stereocenters. The first kappa shape index (κ1) is 12.9. The van der Waals surface area contributed by atoms with Crippen LogP contribution in [0.4, 0.5) is 18.9 Å². The quantitative estimate of drug-likeness (QED) is 0.854. The molecule has 0 aromatic heterocycles. The van der Waals surface area contributed by atoms with Gasteiger partial charge in [0.25, 0.3) is 0 Å². The number of rotatable bonds is 2. The van der Waals surface area contributed by atoms with Gasteiger partial charge in [-0.15, -0.1) is 0 Å². The van der Waals surface area contributed by atoms with Gasteiger partial charge in [-0.1, -0.05) is 12.1 Å². The number of alkyl halides is 3. The minimum absolute atomic E-state index is 0.179. The Balaban J connectivity index is 2.16. The molecule has 0 spiro atoms. The summed E-state index contributed by atoms with van der Waals surface area (Å²) >= 11 is 0. The fourth-order valence-corrected chi connectivity index (χ4v) is 1.95. The van der Waals surface area contributed by atoms with E-state index in [4.69, 9.17) is 0 Å². The second-order valence-electron chi connectivity index (χ2n) is 4.22. The average Bonchev–Trinajstić information content (AvgIpc) is 2.81. The topological polar surface area (TPSA) is 41.1 Å². The molecule has 1 saturated heterocycles. The Morgan fingerprint density at radius 3 is 2.67 bits per heavy atom. The van der Waals surface area contributed by atoms with Gasteiger partial charge in [0.2, 0.25) is 5.91 Å². The molecule has 6 heteroatoms. The van der Waals surface area contributed by atoms with E-state index in [1.54, 1.807) is 0 Å². The van der Waals surface area contributed by atoms with Crippen molar-refractivity contribution in [3.63, 3.8) is 0 Å². The molecule has 1 aliphatic rings. The number of hydrogen-bond donors (Lipinski definition) is 2. The number of carbonyl (C=O) groups is 1. The minimum Gasteiger partial charge on any atom is -0.325 e. The SMILES string of the molecule is O=C(Nc1ccccc1C(F)(F)F)C1CCNC1. The van der Waals surface area contributed by atoms with E-state index in [0.717, 1.165) is 12.6 Å². The Hall–Kier alpha value is -1.56. The largest absolute Gasteiger partial charge is 0.418 e. The number of amides is 1. The van der Waals surface area contributed by atoms with E-state index in [1.807, 2.05) is 0 Å². The second kappa shape index (κ2) is 4.97. The van der Waals surface area contributed by atoms with Crippen LogP contribution in [0.3, 0.4) is 0 Å². The third kappa shape index (κ3) is 2.81. The van der Waals surface area contributed by atoms with Gasteiger partial charge in [-0.3, -0.25) is 4.79 Å². The Morgan fingerprint density at radius 2 is 2.06 bits per heavy atom. The summed E-state index contributed by atoms with van der Waals surface area (Å²) in [4.78, 5) is 11.8. The summed E-state index contributed by atoms with van der Waals surface area (Å²) in [5.41, 5.74) is -0.994. The van der Waals surface area contributed by atoms with Crippen LogP contribution >= 0.6 is 0 Å². The molecule has 1 atom stereocenters. The van der Waals surface area contributed by atoms with E-state index in [2.05, 4.69) is 10.6 Å². The van der Waals surface area contributed by atoms with E-state index in [9.17, 15) is 18.0 Å². The third-order valence-corrected chi connectivity index (χ3v) is 2.92. The molecule has 0 aliphatic carbocycles. The highest BCUT2D eigenvalue weighted by Crippen LogP contribution is 2.34. The lowest BCUT2D eigenvalue weighted by molar-refractivity contribution is -0.137. The molecule has 0 saturated carbocycles. The lowest BCUT2D eigenvalue weighted by Gasteiger charge is -2.15. The standard InChI is InChI=1S/C12H13F3N2O/c13-12(14,15)9-3-1-2-4-10(9)17-11(18)8-5-6-16-7-8/h1-4,8,16H,5-7H2,(H,17,18). The van der Waals surface area contributed by atoms with Crippen LogP contribution in [0.1, 0.15) is 12.0 Å². The van der Waals surface area contributed by atoms with Gasteiger partial charge >= 0.3 is 6.18 Å². The van der Waals surface area contributed by atoms with Crippen LogP contribution in [0.5, 0.6) is 0 Å². The van der Waals surface area contributed by atoms with Crippen LogP contribution in [-0.4, -0.2) is 19.0 Å². The number of benzene rings is 1. The maximum Gasteiger partial charge on any atom is 0.418 e. The van der Waals surface area contributed by atoms with E-state index in [1.165, 1.54) is 18.2 Å². The molecular formula is C12H13F3N2O. The molecule has 0 radical (unpaired) electrons. The zero-order valence-corrected chi connectivity index (χ0v) is 9.55. The summed E-state index contributed by atoms with van der Waals surface area (Å²) in [5, 5.41) is 5.36. The molecule has 1 heterocycles. The van der Waals surface area contributed by atoms with Crippen LogP contribution in [-0.2, 0) is 11.0 Å². The highest BCUT2D eigenvalue weighted by atomic mass is 19.4. The molecule has 1 fully saturated rings. The summed E-state index contributed by atoms with van der Waals surface area (Å²) in [6, 6.07) is 5.00. The third-order valence-electron chi connectivity index (χ3n) is 2.92. The van der Waals surface area contributed by atoms with E-state index in [0.29, 0.717) is 13.0 Å². The van der Waals surface area contributed by atoms with Gasteiger partial charge in [0.05, 0.1) is 17.2 Å². The number of hydrogen-bond acceptors (Lipinski definition) is 2. The molecular weight excluding hydrogens is 245 g/mol. The summed E-state index contributed by atoms with van der Waals surface area (Å²) < 4.78 is 38.1. The first-order chi connectivity index (χ1) is 8.48. The van der Waals surface area contributed by atoms with Crippen LogP contribution in [0.15, 0.2) is 24.3 Å². The van der Waals surface area contributed by atoms with Crippen molar-refractivity contribution < 1.29 is 18.0 Å². The van der Waals surface area contributed by atoms with Crippen molar-refractivity contribution in [1.29, 1.82) is 0 Å². The lowest BCUT2D eigenvalue weighted by atomic mass is 10.1. The van der Waals surface area contributed by atoms with Crippen LogP contribution < -0.4 is 10.6 Å². The lowest BCUT2D eigenvalue weighted by Crippen LogP contribution is -2.25. The molecule has 18 heavy (non-hydrogen) atoms. The summed E-state index contributed by atoms with van der Waals surface area (Å²) in [6.45, 7) is 1.24. The Labute approximate surface area is 102 Å². The minimum atomic E-state index is -4.46. The molecule has 1 aromatic rings. The van der Waals surface area contributed by atoms with Crippen LogP contribution in [0, 0.1) is 5.92 Å². The zero-order valence-electron chi connectivity index (χ0n) is 9.55. The predicted molar refractivity (Wildman–Crippen MR) is 61.1 cm³/mol. The van der Waals surface area contributed by atoms with E-state index in [-0.39, 0.29) is 17.5 Å². The Morgan fingerprint density at radius 1 is 1.33 bits per heavy atom. The monoisotopic (exact) mass is 258 g/mol. The maximum absolute atomic E-state index is 12.7. The van der Waals surface area contributed by atoms with E-state index < -0.39 is 11.7 Å². The van der Waals surface area contributed by atoms with E-state index >= 15 is 0 Å². The normalized spacial score (nSPS) is 19.8. The van der Waals surface area contributed by atoms with Gasteiger partial charge in [0, 0.05) is 6.54 Å². The van der Waals surface area contributed by atoms with Crippen LogP contribution in [0.2, 0.25) is 0 Å². The number of para-hydroxylation sites is 1. The fourth-order valence-electron chi connectivity index (χ4n) is 1.95. The predicted octanol–water partition coefficient (Wildman–Crippen LogP) is 2.25. The first-order valence-corrected chi connectivity index (χ1v) is 5.66. The average molecular weight is 258 g/mol. The fraction of sp³-hybridized carbons (Fsp3) is 0.417. The molecule has 2 rings (SSSR count). The van der Waals surface area contributed by atoms with Crippen molar-refractivity contribution in [1.82, 2.24) is 5.32 Å². The van der Waals surface area contributed by atoms with Crippen molar-refractivity contribution >= 4 is 11.6 Å². The smallest absolute Gasteiger partial charge is 0.325 e. The molecule has 2 N–H and O–H groups in total. The molecule has 1 amide bonds. The van der Waals surface area contributed by atoms with Gasteiger partial charge < -0.3 is 10.6 Å². The van der Waals surface area contributed by atoms with Gasteiger partial charge in [-0.25, -0.2) is 0 Å². The number of nitrogens with one attached hydrogen (secondary N) is 2. The molecule has 98 valence electrons. The zero-order chi connectivity index (χ0) is 13.2. The molecule has 3 nitrogen and oxygen atoms in total. The van der Waals surface area contributed by atoms with Gasteiger partial charge in [-0.2, -0.15) is 13.2 Å². The van der Waals surface area contributed by atoms with Crippen molar-refractivity contribution in [2.75, 3.05) is 18.4 Å². The molecule has 0 bridgehead atoms. The first-order valence-electron chi connectivity index (χ1n) is 5.66. The van der Waals surface area contributed by atoms with Gasteiger partial charge in [-0.05, 0) is 25.1 Å². The van der Waals surface area contributed by atoms with Crippen molar-refractivity contribution in [2.24, 2.45) is 5.92 Å². The van der Waals surface area contributed by atoms with Crippen molar-refractivity contribution in [3.8, 4) is 0 Å². The highest BCUT2D eigenvalue weighted by Gasteiger charge is 2.34.